The number of urea groups is 1. The lowest BCUT2D eigenvalue weighted by molar-refractivity contribution is -0.120. The van der Waals surface area contributed by atoms with Crippen LogP contribution in [0.3, 0.4) is 0 Å². The topological polar surface area (TPSA) is 82.7 Å². The maximum absolute atomic E-state index is 11.2. The molecule has 0 aromatic rings. The first-order valence-corrected chi connectivity index (χ1v) is 5.49. The van der Waals surface area contributed by atoms with E-state index in [1.165, 1.54) is 4.90 Å². The minimum atomic E-state index is -0.142. The molecular weight excluding hydrogens is 224 g/mol. The molecule has 0 heterocycles. The number of hydrogen-bond donors (Lipinski definition) is 3. The van der Waals surface area contributed by atoms with Crippen LogP contribution in [0, 0.1) is 0 Å². The third kappa shape index (κ3) is 9.58. The zero-order chi connectivity index (χ0) is 13.1. The number of rotatable bonds is 8. The van der Waals surface area contributed by atoms with Gasteiger partial charge in [-0.3, -0.25) is 4.79 Å². The molecule has 0 aliphatic rings. The Bertz CT molecular complexity index is 234. The van der Waals surface area contributed by atoms with Crippen molar-refractivity contribution < 1.29 is 14.3 Å². The highest BCUT2D eigenvalue weighted by Gasteiger charge is 2.02. The van der Waals surface area contributed by atoms with Crippen molar-refractivity contribution in [1.82, 2.24) is 20.9 Å². The second-order valence-corrected chi connectivity index (χ2v) is 3.65. The molecule has 3 amide bonds. The molecular formula is C10H22N4O3. The van der Waals surface area contributed by atoms with E-state index in [4.69, 9.17) is 4.74 Å². The third-order valence-corrected chi connectivity index (χ3v) is 1.90. The van der Waals surface area contributed by atoms with E-state index < -0.39 is 0 Å². The molecule has 0 aromatic heterocycles. The van der Waals surface area contributed by atoms with Gasteiger partial charge in [0.1, 0.15) is 0 Å². The predicted octanol–water partition coefficient (Wildman–Crippen LogP) is -1.39. The van der Waals surface area contributed by atoms with Crippen LogP contribution in [-0.4, -0.2) is 70.8 Å². The van der Waals surface area contributed by atoms with Gasteiger partial charge in [-0.05, 0) is 0 Å². The number of nitrogens with one attached hydrogen (secondary N) is 3. The van der Waals surface area contributed by atoms with Gasteiger partial charge in [0, 0.05) is 40.8 Å². The van der Waals surface area contributed by atoms with Crippen LogP contribution in [0.2, 0.25) is 0 Å². The lowest BCUT2D eigenvalue weighted by atomic mass is 10.5. The molecule has 0 radical (unpaired) electrons. The van der Waals surface area contributed by atoms with Gasteiger partial charge in [0.2, 0.25) is 5.91 Å². The molecule has 0 bridgehead atoms. The van der Waals surface area contributed by atoms with Crippen molar-refractivity contribution >= 4 is 11.9 Å². The summed E-state index contributed by atoms with van der Waals surface area (Å²) < 4.78 is 4.80. The van der Waals surface area contributed by atoms with E-state index in [0.717, 1.165) is 0 Å². The second-order valence-electron chi connectivity index (χ2n) is 3.65. The number of nitrogens with zero attached hydrogens (tertiary/aromatic N) is 1. The van der Waals surface area contributed by atoms with Gasteiger partial charge in [0.05, 0.1) is 13.2 Å². The molecule has 0 saturated carbocycles. The van der Waals surface area contributed by atoms with Crippen molar-refractivity contribution in [2.75, 3.05) is 54.0 Å². The zero-order valence-corrected chi connectivity index (χ0v) is 10.7. The smallest absolute Gasteiger partial charge is 0.316 e. The number of amides is 3. The number of hydrogen-bond acceptors (Lipinski definition) is 4. The normalized spacial score (nSPS) is 9.82. The van der Waals surface area contributed by atoms with Crippen molar-refractivity contribution in [3.63, 3.8) is 0 Å². The Morgan fingerprint density at radius 1 is 1.12 bits per heavy atom. The van der Waals surface area contributed by atoms with E-state index in [2.05, 4.69) is 16.0 Å². The fourth-order valence-electron chi connectivity index (χ4n) is 0.973. The number of carbonyl (C=O) groups is 2. The van der Waals surface area contributed by atoms with Gasteiger partial charge in [0.15, 0.2) is 0 Å². The summed E-state index contributed by atoms with van der Waals surface area (Å²) >= 11 is 0. The van der Waals surface area contributed by atoms with Crippen molar-refractivity contribution in [1.29, 1.82) is 0 Å². The average Bonchev–Trinajstić information content (AvgIpc) is 2.28. The van der Waals surface area contributed by atoms with Crippen LogP contribution in [0.15, 0.2) is 0 Å². The van der Waals surface area contributed by atoms with Crippen LogP contribution in [-0.2, 0) is 9.53 Å². The summed E-state index contributed by atoms with van der Waals surface area (Å²) in [6, 6.07) is -0.142. The maximum Gasteiger partial charge on any atom is 0.316 e. The molecule has 0 atom stereocenters. The summed E-state index contributed by atoms with van der Waals surface area (Å²) in [7, 11) is 4.93. The van der Waals surface area contributed by atoms with E-state index in [1.54, 1.807) is 21.2 Å². The molecule has 0 aliphatic heterocycles. The molecule has 0 rings (SSSR count). The third-order valence-electron chi connectivity index (χ3n) is 1.90. The van der Waals surface area contributed by atoms with Crippen LogP contribution in [0.25, 0.3) is 0 Å². The van der Waals surface area contributed by atoms with Crippen LogP contribution >= 0.6 is 0 Å². The van der Waals surface area contributed by atoms with Gasteiger partial charge in [0.25, 0.3) is 0 Å². The first-order chi connectivity index (χ1) is 8.07. The van der Waals surface area contributed by atoms with Crippen LogP contribution < -0.4 is 16.0 Å². The molecule has 100 valence electrons. The number of methoxy groups -OCH3 is 1. The van der Waals surface area contributed by atoms with Gasteiger partial charge in [-0.15, -0.1) is 0 Å². The molecule has 0 aliphatic carbocycles. The largest absolute Gasteiger partial charge is 0.383 e. The van der Waals surface area contributed by atoms with Crippen molar-refractivity contribution in [3.05, 3.63) is 0 Å². The fourth-order valence-corrected chi connectivity index (χ4v) is 0.973. The predicted molar refractivity (Wildman–Crippen MR) is 64.8 cm³/mol. The molecule has 0 saturated heterocycles. The summed E-state index contributed by atoms with van der Waals surface area (Å²) in [5.74, 6) is -0.0824. The minimum absolute atomic E-state index is 0.0824. The Labute approximate surface area is 102 Å². The second kappa shape index (κ2) is 9.86. The summed E-state index contributed by atoms with van der Waals surface area (Å²) in [6.07, 6.45) is 0. The minimum Gasteiger partial charge on any atom is -0.383 e. The molecule has 0 fully saturated rings. The van der Waals surface area contributed by atoms with Crippen molar-refractivity contribution in [3.8, 4) is 0 Å². The van der Waals surface area contributed by atoms with Crippen molar-refractivity contribution in [2.24, 2.45) is 0 Å². The Balaban J connectivity index is 3.33. The fraction of sp³-hybridized carbons (Fsp3) is 0.800. The standard InChI is InChI=1S/C10H22N4O3/c1-14(2)10(16)13-5-4-11-8-9(15)12-6-7-17-3/h11H,4-8H2,1-3H3,(H,12,15)(H,13,16). The summed E-state index contributed by atoms with van der Waals surface area (Å²) in [5, 5.41) is 8.28. The average molecular weight is 246 g/mol. The first-order valence-electron chi connectivity index (χ1n) is 5.49. The van der Waals surface area contributed by atoms with E-state index in [9.17, 15) is 9.59 Å². The molecule has 0 spiro atoms. The maximum atomic E-state index is 11.2. The zero-order valence-electron chi connectivity index (χ0n) is 10.7. The van der Waals surface area contributed by atoms with Gasteiger partial charge < -0.3 is 25.6 Å². The van der Waals surface area contributed by atoms with Gasteiger partial charge >= 0.3 is 6.03 Å². The Hall–Kier alpha value is -1.34. The summed E-state index contributed by atoms with van der Waals surface area (Å²) in [6.45, 7) is 2.29. The Morgan fingerprint density at radius 2 is 1.82 bits per heavy atom. The van der Waals surface area contributed by atoms with Crippen LogP contribution in [0.4, 0.5) is 4.79 Å². The van der Waals surface area contributed by atoms with E-state index >= 15 is 0 Å². The van der Waals surface area contributed by atoms with Crippen LogP contribution in [0.5, 0.6) is 0 Å². The molecule has 17 heavy (non-hydrogen) atoms. The SMILES string of the molecule is COCCNC(=O)CNCCNC(=O)N(C)C. The Morgan fingerprint density at radius 3 is 2.41 bits per heavy atom. The number of ether oxygens (including phenoxy) is 1. The molecule has 0 unspecified atom stereocenters. The van der Waals surface area contributed by atoms with E-state index in [-0.39, 0.29) is 18.5 Å². The highest BCUT2D eigenvalue weighted by Crippen LogP contribution is 1.74. The quantitative estimate of drug-likeness (QED) is 0.461. The van der Waals surface area contributed by atoms with Crippen molar-refractivity contribution in [2.45, 2.75) is 0 Å². The van der Waals surface area contributed by atoms with Gasteiger partial charge in [-0.1, -0.05) is 0 Å². The van der Waals surface area contributed by atoms with E-state index in [1.807, 2.05) is 0 Å². The molecule has 7 heteroatoms. The highest BCUT2D eigenvalue weighted by molar-refractivity contribution is 5.78. The molecule has 7 nitrogen and oxygen atoms in total. The van der Waals surface area contributed by atoms with Gasteiger partial charge in [-0.2, -0.15) is 0 Å². The first kappa shape index (κ1) is 15.7. The highest BCUT2D eigenvalue weighted by atomic mass is 16.5. The lowest BCUT2D eigenvalue weighted by Gasteiger charge is -2.12. The van der Waals surface area contributed by atoms with E-state index in [0.29, 0.717) is 26.2 Å². The van der Waals surface area contributed by atoms with Gasteiger partial charge in [-0.25, -0.2) is 4.79 Å². The summed E-state index contributed by atoms with van der Waals surface area (Å²) in [5.41, 5.74) is 0. The molecule has 0 aromatic carbocycles. The Kier molecular flexibility index (Phi) is 9.08. The summed E-state index contributed by atoms with van der Waals surface area (Å²) in [4.78, 5) is 23.8. The molecule has 3 N–H and O–H groups in total. The van der Waals surface area contributed by atoms with Crippen LogP contribution in [0.1, 0.15) is 0 Å². The lowest BCUT2D eigenvalue weighted by Crippen LogP contribution is -2.41. The monoisotopic (exact) mass is 246 g/mol. The number of carbonyl (C=O) groups excluding carboxylic acids is 2.